The summed E-state index contributed by atoms with van der Waals surface area (Å²) >= 11 is 0. The molecule has 0 atom stereocenters. The van der Waals surface area contributed by atoms with E-state index in [1.807, 2.05) is 48.9 Å². The van der Waals surface area contributed by atoms with E-state index in [9.17, 15) is 0 Å². The number of aromatic nitrogens is 3. The van der Waals surface area contributed by atoms with Gasteiger partial charge in [0.15, 0.2) is 11.8 Å². The van der Waals surface area contributed by atoms with Gasteiger partial charge in [0.05, 0.1) is 25.9 Å². The molecule has 1 aliphatic rings. The quantitative estimate of drug-likeness (QED) is 0.476. The minimum Gasteiger partial charge on any atom is -0.495 e. The molecule has 0 saturated carbocycles. The van der Waals surface area contributed by atoms with Gasteiger partial charge in [-0.05, 0) is 24.6 Å². The molecule has 1 saturated heterocycles. The van der Waals surface area contributed by atoms with Crippen LogP contribution in [0.4, 0.5) is 5.69 Å². The van der Waals surface area contributed by atoms with Crippen LogP contribution in [0.1, 0.15) is 17.2 Å². The van der Waals surface area contributed by atoms with Gasteiger partial charge in [0, 0.05) is 33.2 Å². The third kappa shape index (κ3) is 5.01. The third-order valence-electron chi connectivity index (χ3n) is 5.85. The highest BCUT2D eigenvalue weighted by Gasteiger charge is 2.22. The van der Waals surface area contributed by atoms with E-state index < -0.39 is 0 Å². The number of hydrogen-bond acceptors (Lipinski definition) is 5. The average Bonchev–Trinajstić information content (AvgIpc) is 3.17. The average molecular weight is 434 g/mol. The van der Waals surface area contributed by atoms with Crippen molar-refractivity contribution in [2.45, 2.75) is 20.0 Å². The lowest BCUT2D eigenvalue weighted by Gasteiger charge is -2.38. The molecule has 1 aliphatic heterocycles. The predicted octanol–water partition coefficient (Wildman–Crippen LogP) is 2.60. The Hall–Kier alpha value is -3.55. The molecule has 2 aromatic carbocycles. The van der Waals surface area contributed by atoms with E-state index in [1.54, 1.807) is 7.11 Å². The van der Waals surface area contributed by atoms with Gasteiger partial charge in [-0.1, -0.05) is 42.5 Å². The second kappa shape index (κ2) is 10.2. The summed E-state index contributed by atoms with van der Waals surface area (Å²) in [6, 6.07) is 18.5. The van der Waals surface area contributed by atoms with Crippen LogP contribution in [0.2, 0.25) is 0 Å². The number of para-hydroxylation sites is 2. The Balaban J connectivity index is 1.46. The summed E-state index contributed by atoms with van der Waals surface area (Å²) in [6.45, 7) is 6.71. The number of hydrogen-bond donors (Lipinski definition) is 1. The van der Waals surface area contributed by atoms with Crippen molar-refractivity contribution in [1.29, 1.82) is 0 Å². The number of nitrogens with one attached hydrogen (secondary N) is 1. The lowest BCUT2D eigenvalue weighted by Crippen LogP contribution is -2.52. The number of aliphatic imine (C=N–C) groups is 1. The fourth-order valence-corrected chi connectivity index (χ4v) is 3.83. The molecule has 32 heavy (non-hydrogen) atoms. The van der Waals surface area contributed by atoms with Gasteiger partial charge in [-0.3, -0.25) is 0 Å². The Bertz CT molecular complexity index is 1040. The van der Waals surface area contributed by atoms with Crippen LogP contribution in [-0.4, -0.2) is 58.9 Å². The first-order chi connectivity index (χ1) is 15.7. The second-order valence-corrected chi connectivity index (χ2v) is 7.85. The van der Waals surface area contributed by atoms with Crippen molar-refractivity contribution in [3.8, 4) is 5.75 Å². The maximum Gasteiger partial charge on any atom is 0.194 e. The molecule has 1 aromatic heterocycles. The minimum atomic E-state index is 0.581. The fourth-order valence-electron chi connectivity index (χ4n) is 3.83. The summed E-state index contributed by atoms with van der Waals surface area (Å²) < 4.78 is 7.56. The Morgan fingerprint density at radius 3 is 2.41 bits per heavy atom. The number of rotatable bonds is 6. The largest absolute Gasteiger partial charge is 0.495 e. The molecule has 8 heteroatoms. The van der Waals surface area contributed by atoms with Crippen LogP contribution in [-0.2, 0) is 20.1 Å². The smallest absolute Gasteiger partial charge is 0.194 e. The lowest BCUT2D eigenvalue weighted by molar-refractivity contribution is 0.365. The van der Waals surface area contributed by atoms with Gasteiger partial charge in [0.25, 0.3) is 0 Å². The third-order valence-corrected chi connectivity index (χ3v) is 5.85. The summed E-state index contributed by atoms with van der Waals surface area (Å²) in [7, 11) is 3.71. The maximum atomic E-state index is 5.55. The molecule has 0 spiro atoms. The molecule has 0 aliphatic carbocycles. The minimum absolute atomic E-state index is 0.581. The first-order valence-electron chi connectivity index (χ1n) is 11.0. The highest BCUT2D eigenvalue weighted by Crippen LogP contribution is 2.28. The number of aryl methyl sites for hydroxylation is 1. The molecular formula is C24H31N7O. The van der Waals surface area contributed by atoms with E-state index in [-0.39, 0.29) is 0 Å². The topological polar surface area (TPSA) is 70.8 Å². The molecule has 1 N–H and O–H groups in total. The second-order valence-electron chi connectivity index (χ2n) is 7.85. The van der Waals surface area contributed by atoms with E-state index in [4.69, 9.17) is 9.73 Å². The van der Waals surface area contributed by atoms with Crippen LogP contribution in [0.3, 0.4) is 0 Å². The zero-order valence-electron chi connectivity index (χ0n) is 19.0. The van der Waals surface area contributed by atoms with Gasteiger partial charge < -0.3 is 24.4 Å². The van der Waals surface area contributed by atoms with Crippen LogP contribution in [0, 0.1) is 6.92 Å². The van der Waals surface area contributed by atoms with Crippen LogP contribution in [0.5, 0.6) is 5.75 Å². The van der Waals surface area contributed by atoms with Crippen LogP contribution in [0.25, 0.3) is 0 Å². The number of ether oxygens (including phenoxy) is 1. The Kier molecular flexibility index (Phi) is 6.89. The zero-order chi connectivity index (χ0) is 22.3. The fraction of sp³-hybridized carbons (Fsp3) is 0.375. The van der Waals surface area contributed by atoms with Crippen LogP contribution in [0.15, 0.2) is 59.6 Å². The molecule has 4 rings (SSSR count). The molecule has 1 fully saturated rings. The zero-order valence-corrected chi connectivity index (χ0v) is 19.0. The monoisotopic (exact) mass is 433 g/mol. The number of nitrogens with zero attached hydrogens (tertiary/aromatic N) is 6. The summed E-state index contributed by atoms with van der Waals surface area (Å²) in [6.07, 6.45) is 0. The summed E-state index contributed by atoms with van der Waals surface area (Å²) in [5.41, 5.74) is 2.33. The van der Waals surface area contributed by atoms with Crippen molar-refractivity contribution < 1.29 is 4.74 Å². The maximum absolute atomic E-state index is 5.55. The molecular weight excluding hydrogens is 402 g/mol. The van der Waals surface area contributed by atoms with Crippen molar-refractivity contribution >= 4 is 11.6 Å². The highest BCUT2D eigenvalue weighted by molar-refractivity contribution is 5.80. The van der Waals surface area contributed by atoms with Crippen molar-refractivity contribution in [3.63, 3.8) is 0 Å². The molecule has 2 heterocycles. The SMILES string of the molecule is COc1ccccc1N1CCN(C(=NCc2ccccc2)NCc2nnc(C)n2C)CC1. The van der Waals surface area contributed by atoms with Crippen molar-refractivity contribution in [1.82, 2.24) is 25.0 Å². The molecule has 0 amide bonds. The lowest BCUT2D eigenvalue weighted by atomic mass is 10.2. The van der Waals surface area contributed by atoms with E-state index >= 15 is 0 Å². The van der Waals surface area contributed by atoms with Crippen LogP contribution < -0.4 is 15.0 Å². The van der Waals surface area contributed by atoms with Crippen LogP contribution >= 0.6 is 0 Å². The van der Waals surface area contributed by atoms with Crippen molar-refractivity contribution in [2.24, 2.45) is 12.0 Å². The molecule has 168 valence electrons. The number of anilines is 1. The van der Waals surface area contributed by atoms with Gasteiger partial charge >= 0.3 is 0 Å². The summed E-state index contributed by atoms with van der Waals surface area (Å²) in [5.74, 6) is 3.60. The Morgan fingerprint density at radius 1 is 1.00 bits per heavy atom. The predicted molar refractivity (Wildman–Crippen MR) is 127 cm³/mol. The van der Waals surface area contributed by atoms with Gasteiger partial charge in [-0.15, -0.1) is 10.2 Å². The first-order valence-corrected chi connectivity index (χ1v) is 11.0. The number of piperazine rings is 1. The van der Waals surface area contributed by atoms with E-state index in [2.05, 4.69) is 49.6 Å². The molecule has 0 radical (unpaired) electrons. The molecule has 0 bridgehead atoms. The number of methoxy groups -OCH3 is 1. The Morgan fingerprint density at radius 2 is 1.72 bits per heavy atom. The van der Waals surface area contributed by atoms with Gasteiger partial charge in [-0.25, -0.2) is 4.99 Å². The van der Waals surface area contributed by atoms with E-state index in [0.29, 0.717) is 13.1 Å². The standard InChI is InChI=1S/C24H31N7O/c1-19-27-28-23(29(19)2)18-26-24(25-17-20-9-5-4-6-10-20)31-15-13-30(14-16-31)21-11-7-8-12-22(21)32-3/h4-12H,13-18H2,1-3H3,(H,25,26). The highest BCUT2D eigenvalue weighted by atomic mass is 16.5. The summed E-state index contributed by atoms with van der Waals surface area (Å²) in [4.78, 5) is 9.62. The van der Waals surface area contributed by atoms with Crippen molar-refractivity contribution in [2.75, 3.05) is 38.2 Å². The first kappa shape index (κ1) is 21.7. The van der Waals surface area contributed by atoms with Crippen molar-refractivity contribution in [3.05, 3.63) is 71.8 Å². The normalized spacial score (nSPS) is 14.5. The Labute approximate surface area is 189 Å². The molecule has 8 nitrogen and oxygen atoms in total. The molecule has 0 unspecified atom stereocenters. The van der Waals surface area contributed by atoms with Gasteiger partial charge in [-0.2, -0.15) is 0 Å². The van der Waals surface area contributed by atoms with E-state index in [0.717, 1.165) is 55.2 Å². The van der Waals surface area contributed by atoms with Gasteiger partial charge in [0.2, 0.25) is 0 Å². The van der Waals surface area contributed by atoms with Gasteiger partial charge in [0.1, 0.15) is 11.6 Å². The number of benzene rings is 2. The molecule has 3 aromatic rings. The summed E-state index contributed by atoms with van der Waals surface area (Å²) in [5, 5.41) is 12.0. The van der Waals surface area contributed by atoms with E-state index in [1.165, 1.54) is 5.56 Å². The number of guanidine groups is 1.